The van der Waals surface area contributed by atoms with E-state index in [2.05, 4.69) is 42.6 Å². The highest BCUT2D eigenvalue weighted by Gasteiger charge is 2.37. The van der Waals surface area contributed by atoms with E-state index in [0.717, 1.165) is 30.5 Å². The van der Waals surface area contributed by atoms with Crippen molar-refractivity contribution in [3.8, 4) is 0 Å². The van der Waals surface area contributed by atoms with Crippen molar-refractivity contribution in [2.24, 2.45) is 0 Å². The van der Waals surface area contributed by atoms with E-state index < -0.39 is 17.6 Å². The van der Waals surface area contributed by atoms with Crippen molar-refractivity contribution in [2.45, 2.75) is 50.6 Å². The van der Waals surface area contributed by atoms with E-state index in [1.165, 1.54) is 47.9 Å². The first-order valence-electron chi connectivity index (χ1n) is 13.0. The number of rotatable bonds is 8. The van der Waals surface area contributed by atoms with Gasteiger partial charge in [0, 0.05) is 19.0 Å². The lowest BCUT2D eigenvalue weighted by atomic mass is 9.92. The number of benzene rings is 3. The van der Waals surface area contributed by atoms with E-state index in [1.54, 1.807) is 0 Å². The van der Waals surface area contributed by atoms with Gasteiger partial charge in [-0.3, -0.25) is 4.79 Å². The molecule has 1 aliphatic rings. The number of hydrogen-bond acceptors (Lipinski definition) is 2. The quantitative estimate of drug-likeness (QED) is 0.318. The summed E-state index contributed by atoms with van der Waals surface area (Å²) in [6, 6.07) is 25.6. The van der Waals surface area contributed by atoms with Crippen molar-refractivity contribution in [1.29, 1.82) is 0 Å². The number of alkyl halides is 3. The van der Waals surface area contributed by atoms with Crippen molar-refractivity contribution in [1.82, 2.24) is 10.2 Å². The summed E-state index contributed by atoms with van der Waals surface area (Å²) in [5.41, 5.74) is 1.47. The summed E-state index contributed by atoms with van der Waals surface area (Å²) in [5.74, 6) is 0.374. The standard InChI is InChI=1S/C18H16F3NO.C13H21N/c19-18(20,21)16-9-5-4-8-15(16)17(23)22-11-10-14(12-22)13-6-2-1-3-7-13;1-3-12(10-7-11-14-2)13-8-5-4-6-9-13/h1-9,14H,10-12H2;4-6,8-9,12,14H,3,7,10-11H2,1-2H3/t14-;/m1./s1. The first-order chi connectivity index (χ1) is 17.8. The van der Waals surface area contributed by atoms with Crippen LogP contribution in [0.4, 0.5) is 13.2 Å². The van der Waals surface area contributed by atoms with Gasteiger partial charge in [-0.25, -0.2) is 0 Å². The van der Waals surface area contributed by atoms with Crippen LogP contribution in [0.1, 0.15) is 71.5 Å². The van der Waals surface area contributed by atoms with Crippen LogP contribution in [-0.2, 0) is 6.18 Å². The number of nitrogens with zero attached hydrogens (tertiary/aromatic N) is 1. The molecule has 1 unspecified atom stereocenters. The third kappa shape index (κ3) is 8.19. The lowest BCUT2D eigenvalue weighted by molar-refractivity contribution is -0.138. The Morgan fingerprint density at radius 1 is 0.973 bits per heavy atom. The van der Waals surface area contributed by atoms with Crippen molar-refractivity contribution in [3.05, 3.63) is 107 Å². The third-order valence-electron chi connectivity index (χ3n) is 6.95. The molecule has 4 rings (SSSR count). The fraction of sp³-hybridized carbons (Fsp3) is 0.387. The molecule has 6 heteroatoms. The van der Waals surface area contributed by atoms with Crippen LogP contribution in [0.25, 0.3) is 0 Å². The van der Waals surface area contributed by atoms with Gasteiger partial charge in [0.25, 0.3) is 5.91 Å². The number of carbonyl (C=O) groups excluding carboxylic acids is 1. The van der Waals surface area contributed by atoms with E-state index in [9.17, 15) is 18.0 Å². The summed E-state index contributed by atoms with van der Waals surface area (Å²) in [7, 11) is 2.02. The van der Waals surface area contributed by atoms with Crippen LogP contribution in [0, 0.1) is 0 Å². The molecule has 3 aromatic rings. The summed E-state index contributed by atoms with van der Waals surface area (Å²) < 4.78 is 39.2. The maximum Gasteiger partial charge on any atom is 0.417 e. The highest BCUT2D eigenvalue weighted by Crippen LogP contribution is 2.34. The highest BCUT2D eigenvalue weighted by atomic mass is 19.4. The van der Waals surface area contributed by atoms with E-state index in [1.807, 2.05) is 37.4 Å². The van der Waals surface area contributed by atoms with E-state index >= 15 is 0 Å². The molecule has 1 N–H and O–H groups in total. The van der Waals surface area contributed by atoms with Crippen molar-refractivity contribution in [3.63, 3.8) is 0 Å². The van der Waals surface area contributed by atoms with Gasteiger partial charge in [-0.2, -0.15) is 13.2 Å². The zero-order valence-corrected chi connectivity index (χ0v) is 21.7. The zero-order chi connectivity index (χ0) is 26.7. The minimum Gasteiger partial charge on any atom is -0.338 e. The molecular formula is C31H37F3N2O. The van der Waals surface area contributed by atoms with Gasteiger partial charge in [0.1, 0.15) is 0 Å². The average molecular weight is 511 g/mol. The summed E-state index contributed by atoms with van der Waals surface area (Å²) in [5, 5.41) is 3.20. The third-order valence-corrected chi connectivity index (χ3v) is 6.95. The van der Waals surface area contributed by atoms with Crippen LogP contribution in [0.15, 0.2) is 84.9 Å². The molecule has 0 spiro atoms. The maximum absolute atomic E-state index is 13.1. The van der Waals surface area contributed by atoms with Crippen molar-refractivity contribution >= 4 is 5.91 Å². The van der Waals surface area contributed by atoms with Gasteiger partial charge < -0.3 is 10.2 Å². The van der Waals surface area contributed by atoms with Gasteiger partial charge in [0.05, 0.1) is 11.1 Å². The number of likely N-dealkylation sites (tertiary alicyclic amines) is 1. The predicted octanol–water partition coefficient (Wildman–Crippen LogP) is 7.51. The van der Waals surface area contributed by atoms with Gasteiger partial charge in [-0.15, -0.1) is 0 Å². The molecule has 198 valence electrons. The Bertz CT molecular complexity index is 1090. The SMILES string of the molecule is CCC(CCCNC)c1ccccc1.O=C(c1ccccc1C(F)(F)F)N1CC[C@@H](c2ccccc2)C1. The monoisotopic (exact) mass is 510 g/mol. The van der Waals surface area contributed by atoms with Gasteiger partial charge in [0.15, 0.2) is 0 Å². The molecule has 0 aliphatic carbocycles. The Labute approximate surface area is 218 Å². The highest BCUT2D eigenvalue weighted by molar-refractivity contribution is 5.96. The Hall–Kier alpha value is -3.12. The van der Waals surface area contributed by atoms with Crippen LogP contribution in [0.2, 0.25) is 0 Å². The largest absolute Gasteiger partial charge is 0.417 e. The molecule has 2 atom stereocenters. The Morgan fingerprint density at radius 3 is 2.22 bits per heavy atom. The molecule has 3 aromatic carbocycles. The van der Waals surface area contributed by atoms with Crippen molar-refractivity contribution < 1.29 is 18.0 Å². The summed E-state index contributed by atoms with van der Waals surface area (Å²) in [6.45, 7) is 4.33. The maximum atomic E-state index is 13.1. The lowest BCUT2D eigenvalue weighted by Gasteiger charge is -2.19. The molecule has 0 radical (unpaired) electrons. The van der Waals surface area contributed by atoms with Crippen LogP contribution < -0.4 is 5.32 Å². The molecule has 3 nitrogen and oxygen atoms in total. The molecule has 1 heterocycles. The van der Waals surface area contributed by atoms with Gasteiger partial charge >= 0.3 is 6.18 Å². The molecular weight excluding hydrogens is 473 g/mol. The second-order valence-electron chi connectivity index (χ2n) is 9.45. The molecule has 1 aliphatic heterocycles. The molecule has 37 heavy (non-hydrogen) atoms. The molecule has 0 bridgehead atoms. The van der Waals surface area contributed by atoms with E-state index in [4.69, 9.17) is 0 Å². The van der Waals surface area contributed by atoms with E-state index in [0.29, 0.717) is 13.1 Å². The van der Waals surface area contributed by atoms with E-state index in [-0.39, 0.29) is 11.5 Å². The Balaban J connectivity index is 0.000000233. The summed E-state index contributed by atoms with van der Waals surface area (Å²) in [6.07, 6.45) is 0.0493. The topological polar surface area (TPSA) is 32.3 Å². The van der Waals surface area contributed by atoms with Gasteiger partial charge in [0.2, 0.25) is 0 Å². The van der Waals surface area contributed by atoms with Gasteiger partial charge in [-0.1, -0.05) is 79.7 Å². The average Bonchev–Trinajstić information content (AvgIpc) is 3.42. The fourth-order valence-corrected chi connectivity index (χ4v) is 4.89. The number of halogens is 3. The zero-order valence-electron chi connectivity index (χ0n) is 21.7. The molecule has 1 saturated heterocycles. The van der Waals surface area contributed by atoms with Crippen LogP contribution in [-0.4, -0.2) is 37.5 Å². The Kier molecular flexibility index (Phi) is 10.8. The fourth-order valence-electron chi connectivity index (χ4n) is 4.89. The first kappa shape index (κ1) is 28.5. The lowest BCUT2D eigenvalue weighted by Crippen LogP contribution is -2.30. The number of hydrogen-bond donors (Lipinski definition) is 1. The second kappa shape index (κ2) is 14.0. The van der Waals surface area contributed by atoms with Crippen molar-refractivity contribution in [2.75, 3.05) is 26.7 Å². The minimum atomic E-state index is -4.52. The normalized spacial score (nSPS) is 16.1. The number of amides is 1. The minimum absolute atomic E-state index is 0.179. The number of carbonyl (C=O) groups is 1. The Morgan fingerprint density at radius 2 is 1.59 bits per heavy atom. The summed E-state index contributed by atoms with van der Waals surface area (Å²) >= 11 is 0. The first-order valence-corrected chi connectivity index (χ1v) is 13.0. The van der Waals surface area contributed by atoms with Gasteiger partial charge in [-0.05, 0) is 68.5 Å². The summed E-state index contributed by atoms with van der Waals surface area (Å²) in [4.78, 5) is 14.0. The molecule has 0 saturated carbocycles. The second-order valence-corrected chi connectivity index (χ2v) is 9.45. The number of nitrogens with one attached hydrogen (secondary N) is 1. The molecule has 0 aromatic heterocycles. The predicted molar refractivity (Wildman–Crippen MR) is 144 cm³/mol. The molecule has 1 fully saturated rings. The van der Waals surface area contributed by atoms with Crippen LogP contribution >= 0.6 is 0 Å². The van der Waals surface area contributed by atoms with Crippen LogP contribution in [0.5, 0.6) is 0 Å². The van der Waals surface area contributed by atoms with Crippen LogP contribution in [0.3, 0.4) is 0 Å². The molecule has 1 amide bonds. The smallest absolute Gasteiger partial charge is 0.338 e.